The molecule has 0 fully saturated rings. The molecular formula is C22H41NO3S. The Balaban J connectivity index is 4.35. The molecule has 1 unspecified atom stereocenters. The van der Waals surface area contributed by atoms with Crippen LogP contribution in [-0.4, -0.2) is 16.8 Å². The van der Waals surface area contributed by atoms with E-state index >= 15 is 0 Å². The number of carbonyl (C=O) groups excluding carboxylic acids is 1. The average Bonchev–Trinajstić information content (AvgIpc) is 2.59. The normalized spacial score (nSPS) is 13.0. The summed E-state index contributed by atoms with van der Waals surface area (Å²) in [4.78, 5) is 22.8. The minimum atomic E-state index is -0.508. The van der Waals surface area contributed by atoms with Gasteiger partial charge in [0.2, 0.25) is 0 Å². The summed E-state index contributed by atoms with van der Waals surface area (Å²) in [5.41, 5.74) is 0. The summed E-state index contributed by atoms with van der Waals surface area (Å²) in [5.74, 6) is -0.214. The van der Waals surface area contributed by atoms with E-state index in [0.29, 0.717) is 0 Å². The molecule has 0 bridgehead atoms. The summed E-state index contributed by atoms with van der Waals surface area (Å²) in [6.45, 7) is 8.10. The van der Waals surface area contributed by atoms with Crippen molar-refractivity contribution < 1.29 is 9.53 Å². The molecule has 1 atom stereocenters. The highest BCUT2D eigenvalue weighted by molar-refractivity contribution is 7.99. The second kappa shape index (κ2) is 17.3. The zero-order valence-corrected chi connectivity index (χ0v) is 18.8. The van der Waals surface area contributed by atoms with Gasteiger partial charge in [-0.1, -0.05) is 64.5 Å². The lowest BCUT2D eigenvalue weighted by Gasteiger charge is -2.22. The third kappa shape index (κ3) is 17.0. The fourth-order valence-electron chi connectivity index (χ4n) is 2.99. The van der Waals surface area contributed by atoms with Crippen LogP contribution in [0.25, 0.3) is 0 Å². The molecule has 0 heterocycles. The molecule has 0 amide bonds. The minimum Gasteiger partial charge on any atom is -0.462 e. The van der Waals surface area contributed by atoms with Crippen molar-refractivity contribution in [2.75, 3.05) is 0 Å². The van der Waals surface area contributed by atoms with E-state index in [9.17, 15) is 9.70 Å². The molecule has 0 radical (unpaired) electrons. The predicted molar refractivity (Wildman–Crippen MR) is 118 cm³/mol. The highest BCUT2D eigenvalue weighted by Gasteiger charge is 2.26. The molecule has 0 N–H and O–H groups in total. The van der Waals surface area contributed by atoms with E-state index in [2.05, 4.69) is 30.6 Å². The van der Waals surface area contributed by atoms with Gasteiger partial charge in [0.05, 0.1) is 6.42 Å². The Kier molecular flexibility index (Phi) is 16.7. The van der Waals surface area contributed by atoms with Crippen LogP contribution >= 0.6 is 11.9 Å². The van der Waals surface area contributed by atoms with Gasteiger partial charge in [0, 0.05) is 21.3 Å². The van der Waals surface area contributed by atoms with Crippen LogP contribution in [0.2, 0.25) is 0 Å². The van der Waals surface area contributed by atoms with Crippen LogP contribution in [0.15, 0.2) is 16.7 Å². The van der Waals surface area contributed by atoms with Gasteiger partial charge < -0.3 is 4.74 Å². The zero-order valence-electron chi connectivity index (χ0n) is 18.0. The van der Waals surface area contributed by atoms with Gasteiger partial charge in [0.25, 0.3) is 0 Å². The van der Waals surface area contributed by atoms with Gasteiger partial charge in [-0.3, -0.25) is 4.79 Å². The minimum absolute atomic E-state index is 0.00626. The van der Waals surface area contributed by atoms with E-state index in [4.69, 9.17) is 4.74 Å². The quantitative estimate of drug-likeness (QED) is 0.0776. The number of esters is 1. The van der Waals surface area contributed by atoms with Gasteiger partial charge >= 0.3 is 5.97 Å². The van der Waals surface area contributed by atoms with Gasteiger partial charge in [0.15, 0.2) is 0 Å². The lowest BCUT2D eigenvalue weighted by Crippen LogP contribution is -2.25. The smallest absolute Gasteiger partial charge is 0.307 e. The van der Waals surface area contributed by atoms with Crippen LogP contribution in [0.5, 0.6) is 0 Å². The maximum atomic E-state index is 12.3. The van der Waals surface area contributed by atoms with E-state index in [-0.39, 0.29) is 18.5 Å². The summed E-state index contributed by atoms with van der Waals surface area (Å²) >= 11 is 0.907. The number of rotatable bonds is 18. The maximum Gasteiger partial charge on any atom is 0.307 e. The largest absolute Gasteiger partial charge is 0.462 e. The molecule has 158 valence electrons. The summed E-state index contributed by atoms with van der Waals surface area (Å²) in [6.07, 6.45) is 18.4. The second-order valence-electron chi connectivity index (χ2n) is 7.96. The molecule has 5 heteroatoms. The van der Waals surface area contributed by atoms with Crippen LogP contribution in [0.1, 0.15) is 111 Å². The molecule has 0 rings (SSSR count). The number of nitrogens with zero attached hydrogens (tertiary/aromatic N) is 1. The first-order chi connectivity index (χ1) is 12.9. The summed E-state index contributed by atoms with van der Waals surface area (Å²) in [6, 6.07) is 0. The monoisotopic (exact) mass is 399 g/mol. The van der Waals surface area contributed by atoms with Crippen molar-refractivity contribution >= 4 is 17.9 Å². The topological polar surface area (TPSA) is 55.7 Å². The first-order valence-electron chi connectivity index (χ1n) is 10.8. The number of ether oxygens (including phenoxy) is 1. The van der Waals surface area contributed by atoms with E-state index in [0.717, 1.165) is 50.5 Å². The number of hydrogen-bond acceptors (Lipinski definition) is 5. The first kappa shape index (κ1) is 26.2. The zero-order chi connectivity index (χ0) is 20.4. The fraction of sp³-hybridized carbons (Fsp3) is 0.864. The molecule has 0 saturated carbocycles. The Morgan fingerprint density at radius 1 is 0.963 bits per heavy atom. The van der Waals surface area contributed by atoms with Crippen molar-refractivity contribution in [1.29, 1.82) is 0 Å². The SMILES string of the molecule is CCC/C=C/CCCC(CCCCCCCC)OC(=O)CC(C)(C)SN=O. The molecule has 0 aromatic rings. The van der Waals surface area contributed by atoms with E-state index < -0.39 is 4.75 Å². The number of allylic oxidation sites excluding steroid dienone is 2. The van der Waals surface area contributed by atoms with Gasteiger partial charge in [0.1, 0.15) is 6.10 Å². The number of unbranched alkanes of at least 4 members (excludes halogenated alkanes) is 7. The van der Waals surface area contributed by atoms with Gasteiger partial charge in [-0.25, -0.2) is 0 Å². The van der Waals surface area contributed by atoms with Crippen LogP contribution in [-0.2, 0) is 9.53 Å². The fourth-order valence-corrected chi connectivity index (χ4v) is 3.37. The molecule has 0 saturated heterocycles. The Hall–Kier alpha value is -0.840. The standard InChI is InChI=1S/C22H41NO3S/c1-5-7-9-11-13-15-17-20(18-16-14-12-10-8-6-2)26-21(24)19-22(3,4)27-23-25/h9,11,20H,5-8,10,12-19H2,1-4H3/b11-9+. The average molecular weight is 400 g/mol. The third-order valence-corrected chi connectivity index (χ3v) is 5.26. The summed E-state index contributed by atoms with van der Waals surface area (Å²) in [5, 5.41) is 0. The first-order valence-corrected chi connectivity index (χ1v) is 11.6. The van der Waals surface area contributed by atoms with E-state index in [1.165, 1.54) is 38.5 Å². The highest BCUT2D eigenvalue weighted by atomic mass is 32.2. The second-order valence-corrected chi connectivity index (χ2v) is 9.40. The summed E-state index contributed by atoms with van der Waals surface area (Å²) in [7, 11) is 0. The highest BCUT2D eigenvalue weighted by Crippen LogP contribution is 2.29. The molecule has 0 aromatic heterocycles. The van der Waals surface area contributed by atoms with Crippen LogP contribution in [0.3, 0.4) is 0 Å². The summed E-state index contributed by atoms with van der Waals surface area (Å²) < 4.78 is 8.12. The lowest BCUT2D eigenvalue weighted by molar-refractivity contribution is -0.150. The molecular weight excluding hydrogens is 358 g/mol. The van der Waals surface area contributed by atoms with Crippen LogP contribution < -0.4 is 0 Å². The number of hydrogen-bond donors (Lipinski definition) is 0. The van der Waals surface area contributed by atoms with Gasteiger partial charge in [-0.15, -0.1) is 4.91 Å². The van der Waals surface area contributed by atoms with Gasteiger partial charge in [-0.05, 0) is 52.4 Å². The molecule has 4 nitrogen and oxygen atoms in total. The Morgan fingerprint density at radius 3 is 2.26 bits per heavy atom. The number of carbonyl (C=O) groups is 1. The Labute approximate surface area is 171 Å². The van der Waals surface area contributed by atoms with Crippen molar-refractivity contribution in [3.63, 3.8) is 0 Å². The van der Waals surface area contributed by atoms with Crippen molar-refractivity contribution in [2.24, 2.45) is 4.58 Å². The predicted octanol–water partition coefficient (Wildman–Crippen LogP) is 7.76. The molecule has 0 spiro atoms. The number of nitroso groups, excluding NO2 is 1. The molecule has 0 aliphatic heterocycles. The molecule has 0 aromatic carbocycles. The lowest BCUT2D eigenvalue weighted by atomic mass is 10.0. The Bertz CT molecular complexity index is 410. The van der Waals surface area contributed by atoms with Crippen molar-refractivity contribution in [2.45, 2.75) is 122 Å². The Morgan fingerprint density at radius 2 is 1.59 bits per heavy atom. The molecule has 0 aliphatic carbocycles. The van der Waals surface area contributed by atoms with Crippen LogP contribution in [0.4, 0.5) is 0 Å². The van der Waals surface area contributed by atoms with Crippen LogP contribution in [0, 0.1) is 4.91 Å². The van der Waals surface area contributed by atoms with E-state index in [1.807, 2.05) is 13.8 Å². The van der Waals surface area contributed by atoms with Crippen molar-refractivity contribution in [1.82, 2.24) is 0 Å². The van der Waals surface area contributed by atoms with Crippen molar-refractivity contribution in [3.05, 3.63) is 17.1 Å². The van der Waals surface area contributed by atoms with Gasteiger partial charge in [-0.2, -0.15) is 0 Å². The maximum absolute atomic E-state index is 12.3. The van der Waals surface area contributed by atoms with E-state index in [1.54, 1.807) is 0 Å². The third-order valence-electron chi connectivity index (χ3n) is 4.55. The van der Waals surface area contributed by atoms with Crippen molar-refractivity contribution in [3.8, 4) is 0 Å². The molecule has 27 heavy (non-hydrogen) atoms. The molecule has 0 aliphatic rings.